The fourth-order valence-electron chi connectivity index (χ4n) is 3.02. The summed E-state index contributed by atoms with van der Waals surface area (Å²) in [4.78, 5) is 2.34. The van der Waals surface area contributed by atoms with E-state index in [2.05, 4.69) is 4.90 Å². The second-order valence-electron chi connectivity index (χ2n) is 6.18. The van der Waals surface area contributed by atoms with Gasteiger partial charge in [-0.3, -0.25) is 4.90 Å². The summed E-state index contributed by atoms with van der Waals surface area (Å²) in [6.45, 7) is 4.84. The Hall–Kier alpha value is -1.96. The number of hydrogen-bond acceptors (Lipinski definition) is 4. The van der Waals surface area contributed by atoms with Crippen LogP contribution < -0.4 is 4.74 Å². The van der Waals surface area contributed by atoms with E-state index in [0.717, 1.165) is 0 Å². The summed E-state index contributed by atoms with van der Waals surface area (Å²) in [6, 6.07) is 13.2. The summed E-state index contributed by atoms with van der Waals surface area (Å²) in [5, 5.41) is 0. The number of nitrogens with zero attached hydrogens (tertiary/aromatic N) is 2. The third kappa shape index (κ3) is 4.23. The molecule has 0 radical (unpaired) electrons. The molecule has 0 atom stereocenters. The molecule has 5 nitrogen and oxygen atoms in total. The molecule has 1 saturated heterocycles. The number of piperazine rings is 1. The largest absolute Gasteiger partial charge is 0.494 e. The first-order valence-corrected chi connectivity index (χ1v) is 10.1. The van der Waals surface area contributed by atoms with Crippen LogP contribution in [0.5, 0.6) is 5.75 Å². The van der Waals surface area contributed by atoms with Crippen molar-refractivity contribution in [1.82, 2.24) is 9.21 Å². The molecular weight excluding hydrogens is 355 g/mol. The van der Waals surface area contributed by atoms with Crippen LogP contribution in [0, 0.1) is 5.82 Å². The molecule has 0 saturated carbocycles. The SMILES string of the molecule is CCOc1ccc(S(=O)(=O)N2CCN(Cc3ccccc3F)CC2)cc1. The Bertz CT molecular complexity index is 832. The first kappa shape index (κ1) is 18.8. The maximum absolute atomic E-state index is 13.8. The van der Waals surface area contributed by atoms with Gasteiger partial charge in [0.15, 0.2) is 0 Å². The fraction of sp³-hybridized carbons (Fsp3) is 0.368. The number of sulfonamides is 1. The van der Waals surface area contributed by atoms with Crippen molar-refractivity contribution in [3.05, 3.63) is 59.9 Å². The standard InChI is InChI=1S/C19H23FN2O3S/c1-2-25-17-7-9-18(10-8-17)26(23,24)22-13-11-21(12-14-22)15-16-5-3-4-6-19(16)20/h3-10H,2,11-15H2,1H3. The van der Waals surface area contributed by atoms with Gasteiger partial charge in [0.1, 0.15) is 11.6 Å². The number of rotatable bonds is 6. The zero-order chi connectivity index (χ0) is 18.6. The number of halogens is 1. The van der Waals surface area contributed by atoms with E-state index in [0.29, 0.717) is 50.6 Å². The van der Waals surface area contributed by atoms with Gasteiger partial charge in [0.25, 0.3) is 0 Å². The highest BCUT2D eigenvalue weighted by molar-refractivity contribution is 7.89. The lowest BCUT2D eigenvalue weighted by Gasteiger charge is -2.34. The summed E-state index contributed by atoms with van der Waals surface area (Å²) in [5.41, 5.74) is 0.635. The lowest BCUT2D eigenvalue weighted by Crippen LogP contribution is -2.48. The van der Waals surface area contributed by atoms with Gasteiger partial charge in [0.2, 0.25) is 10.0 Å². The molecule has 0 N–H and O–H groups in total. The van der Waals surface area contributed by atoms with Crippen LogP contribution in [0.25, 0.3) is 0 Å². The van der Waals surface area contributed by atoms with Crippen molar-refractivity contribution in [2.24, 2.45) is 0 Å². The molecule has 1 heterocycles. The van der Waals surface area contributed by atoms with E-state index in [9.17, 15) is 12.8 Å². The Labute approximate surface area is 154 Å². The number of hydrogen-bond donors (Lipinski definition) is 0. The lowest BCUT2D eigenvalue weighted by atomic mass is 10.2. The Morgan fingerprint density at radius 2 is 1.65 bits per heavy atom. The predicted octanol–water partition coefficient (Wildman–Crippen LogP) is 2.73. The van der Waals surface area contributed by atoms with Crippen LogP contribution in [0.2, 0.25) is 0 Å². The zero-order valence-corrected chi connectivity index (χ0v) is 15.6. The van der Waals surface area contributed by atoms with Crippen molar-refractivity contribution in [2.45, 2.75) is 18.4 Å². The van der Waals surface area contributed by atoms with Crippen LogP contribution in [-0.2, 0) is 16.6 Å². The van der Waals surface area contributed by atoms with E-state index in [4.69, 9.17) is 4.74 Å². The summed E-state index contributed by atoms with van der Waals surface area (Å²) in [6.07, 6.45) is 0. The third-order valence-electron chi connectivity index (χ3n) is 4.46. The fourth-order valence-corrected chi connectivity index (χ4v) is 4.44. The van der Waals surface area contributed by atoms with Crippen LogP contribution >= 0.6 is 0 Å². The number of benzene rings is 2. The van der Waals surface area contributed by atoms with Gasteiger partial charge in [-0.05, 0) is 37.3 Å². The normalized spacial score (nSPS) is 16.5. The smallest absolute Gasteiger partial charge is 0.243 e. The first-order chi connectivity index (χ1) is 12.5. The molecule has 2 aromatic rings. The lowest BCUT2D eigenvalue weighted by molar-refractivity contribution is 0.180. The molecule has 0 aromatic heterocycles. The quantitative estimate of drug-likeness (QED) is 0.776. The molecule has 0 unspecified atom stereocenters. The molecule has 1 aliphatic heterocycles. The molecule has 0 amide bonds. The molecule has 1 fully saturated rings. The molecule has 0 spiro atoms. The van der Waals surface area contributed by atoms with Crippen LogP contribution in [-0.4, -0.2) is 50.4 Å². The maximum Gasteiger partial charge on any atom is 0.243 e. The monoisotopic (exact) mass is 378 g/mol. The summed E-state index contributed by atoms with van der Waals surface area (Å²) < 4.78 is 46.2. The number of ether oxygens (including phenoxy) is 1. The summed E-state index contributed by atoms with van der Waals surface area (Å²) in [5.74, 6) is 0.429. The summed E-state index contributed by atoms with van der Waals surface area (Å²) in [7, 11) is -3.52. The Balaban J connectivity index is 1.62. The first-order valence-electron chi connectivity index (χ1n) is 8.69. The van der Waals surface area contributed by atoms with Crippen molar-refractivity contribution >= 4 is 10.0 Å². The van der Waals surface area contributed by atoms with E-state index < -0.39 is 10.0 Å². The Morgan fingerprint density at radius 1 is 1.00 bits per heavy atom. The van der Waals surface area contributed by atoms with E-state index in [1.165, 1.54) is 10.4 Å². The van der Waals surface area contributed by atoms with E-state index in [1.54, 1.807) is 36.4 Å². The van der Waals surface area contributed by atoms with Gasteiger partial charge in [0.05, 0.1) is 11.5 Å². The topological polar surface area (TPSA) is 49.9 Å². The van der Waals surface area contributed by atoms with Crippen molar-refractivity contribution in [2.75, 3.05) is 32.8 Å². The zero-order valence-electron chi connectivity index (χ0n) is 14.8. The van der Waals surface area contributed by atoms with Crippen molar-refractivity contribution in [1.29, 1.82) is 0 Å². The van der Waals surface area contributed by atoms with E-state index >= 15 is 0 Å². The third-order valence-corrected chi connectivity index (χ3v) is 6.37. The van der Waals surface area contributed by atoms with Gasteiger partial charge in [-0.2, -0.15) is 4.31 Å². The van der Waals surface area contributed by atoms with Crippen LogP contribution in [0.15, 0.2) is 53.4 Å². The predicted molar refractivity (Wildman–Crippen MR) is 98.0 cm³/mol. The highest BCUT2D eigenvalue weighted by Crippen LogP contribution is 2.21. The van der Waals surface area contributed by atoms with E-state index in [1.807, 2.05) is 13.0 Å². The van der Waals surface area contributed by atoms with Gasteiger partial charge >= 0.3 is 0 Å². The minimum Gasteiger partial charge on any atom is -0.494 e. The minimum atomic E-state index is -3.52. The average Bonchev–Trinajstić information content (AvgIpc) is 2.65. The molecule has 140 valence electrons. The van der Waals surface area contributed by atoms with Gasteiger partial charge in [-0.1, -0.05) is 18.2 Å². The average molecular weight is 378 g/mol. The summed E-state index contributed by atoms with van der Waals surface area (Å²) >= 11 is 0. The molecule has 7 heteroatoms. The molecular formula is C19H23FN2O3S. The van der Waals surface area contributed by atoms with Gasteiger partial charge in [-0.25, -0.2) is 12.8 Å². The Kier molecular flexibility index (Phi) is 5.90. The maximum atomic E-state index is 13.8. The van der Waals surface area contributed by atoms with Crippen LogP contribution in [0.3, 0.4) is 0 Å². The second kappa shape index (κ2) is 8.16. The highest BCUT2D eigenvalue weighted by atomic mass is 32.2. The Morgan fingerprint density at radius 3 is 2.27 bits per heavy atom. The molecule has 2 aromatic carbocycles. The molecule has 3 rings (SSSR count). The van der Waals surface area contributed by atoms with Gasteiger partial charge in [0, 0.05) is 38.3 Å². The molecule has 0 bridgehead atoms. The van der Waals surface area contributed by atoms with Gasteiger partial charge in [-0.15, -0.1) is 0 Å². The van der Waals surface area contributed by atoms with Crippen molar-refractivity contribution in [3.63, 3.8) is 0 Å². The van der Waals surface area contributed by atoms with Crippen molar-refractivity contribution in [3.8, 4) is 5.75 Å². The molecule has 1 aliphatic rings. The van der Waals surface area contributed by atoms with Gasteiger partial charge < -0.3 is 4.74 Å². The molecule has 26 heavy (non-hydrogen) atoms. The minimum absolute atomic E-state index is 0.225. The molecule has 0 aliphatic carbocycles. The van der Waals surface area contributed by atoms with E-state index in [-0.39, 0.29) is 10.7 Å². The van der Waals surface area contributed by atoms with Crippen LogP contribution in [0.1, 0.15) is 12.5 Å². The van der Waals surface area contributed by atoms with Crippen molar-refractivity contribution < 1.29 is 17.5 Å². The highest BCUT2D eigenvalue weighted by Gasteiger charge is 2.28. The van der Waals surface area contributed by atoms with Crippen LogP contribution in [0.4, 0.5) is 4.39 Å². The second-order valence-corrected chi connectivity index (χ2v) is 8.11.